The standard InChI is InChI=1S/C21H29N3O2S/c1-18-7-8-20(27-18)17-24(16-19-5-3-2-4-6-19)21(25)15-22-9-10-23-11-13-26-14-12-23/h2-8,22H,9-17H2,1H3. The fourth-order valence-corrected chi connectivity index (χ4v) is 4.07. The summed E-state index contributed by atoms with van der Waals surface area (Å²) in [6.07, 6.45) is 0. The van der Waals surface area contributed by atoms with E-state index < -0.39 is 0 Å². The molecule has 0 bridgehead atoms. The van der Waals surface area contributed by atoms with Gasteiger partial charge in [0.25, 0.3) is 0 Å². The van der Waals surface area contributed by atoms with Crippen LogP contribution < -0.4 is 5.32 Å². The van der Waals surface area contributed by atoms with E-state index in [9.17, 15) is 4.79 Å². The Morgan fingerprint density at radius 1 is 1.15 bits per heavy atom. The van der Waals surface area contributed by atoms with Gasteiger partial charge in [-0.15, -0.1) is 11.3 Å². The molecular weight excluding hydrogens is 358 g/mol. The van der Waals surface area contributed by atoms with E-state index in [0.717, 1.165) is 45.0 Å². The van der Waals surface area contributed by atoms with Gasteiger partial charge in [0.1, 0.15) is 0 Å². The summed E-state index contributed by atoms with van der Waals surface area (Å²) in [6, 6.07) is 14.4. The number of ether oxygens (including phenoxy) is 1. The van der Waals surface area contributed by atoms with E-state index in [0.29, 0.717) is 19.6 Å². The molecule has 0 unspecified atom stereocenters. The minimum atomic E-state index is 0.145. The van der Waals surface area contributed by atoms with E-state index in [2.05, 4.69) is 41.4 Å². The third kappa shape index (κ3) is 6.74. The van der Waals surface area contributed by atoms with Crippen molar-refractivity contribution in [1.29, 1.82) is 0 Å². The summed E-state index contributed by atoms with van der Waals surface area (Å²) >= 11 is 1.76. The first kappa shape index (κ1) is 20.0. The molecule has 1 aliphatic rings. The highest BCUT2D eigenvalue weighted by molar-refractivity contribution is 7.11. The van der Waals surface area contributed by atoms with Gasteiger partial charge in [0.05, 0.1) is 26.3 Å². The van der Waals surface area contributed by atoms with Crippen LogP contribution in [0, 0.1) is 6.92 Å². The minimum Gasteiger partial charge on any atom is -0.379 e. The van der Waals surface area contributed by atoms with Gasteiger partial charge in [0.15, 0.2) is 0 Å². The molecule has 0 aliphatic carbocycles. The number of thiophene rings is 1. The fraction of sp³-hybridized carbons (Fsp3) is 0.476. The van der Waals surface area contributed by atoms with Gasteiger partial charge in [-0.05, 0) is 24.6 Å². The zero-order valence-electron chi connectivity index (χ0n) is 16.0. The van der Waals surface area contributed by atoms with Crippen molar-refractivity contribution in [2.75, 3.05) is 45.9 Å². The molecule has 1 N–H and O–H groups in total. The average Bonchev–Trinajstić information content (AvgIpc) is 3.11. The molecule has 0 saturated carbocycles. The lowest BCUT2D eigenvalue weighted by Gasteiger charge is -2.27. The highest BCUT2D eigenvalue weighted by Gasteiger charge is 2.16. The molecular formula is C21H29N3O2S. The first-order valence-electron chi connectivity index (χ1n) is 9.58. The maximum atomic E-state index is 12.8. The molecule has 2 heterocycles. The smallest absolute Gasteiger partial charge is 0.237 e. The summed E-state index contributed by atoms with van der Waals surface area (Å²) < 4.78 is 5.37. The van der Waals surface area contributed by atoms with Crippen molar-refractivity contribution in [1.82, 2.24) is 15.1 Å². The predicted molar refractivity (Wildman–Crippen MR) is 110 cm³/mol. The Labute approximate surface area is 165 Å². The van der Waals surface area contributed by atoms with Crippen LogP contribution in [0.5, 0.6) is 0 Å². The zero-order chi connectivity index (χ0) is 18.9. The van der Waals surface area contributed by atoms with Crippen molar-refractivity contribution in [2.45, 2.75) is 20.0 Å². The first-order chi connectivity index (χ1) is 13.2. The van der Waals surface area contributed by atoms with Crippen LogP contribution >= 0.6 is 11.3 Å². The molecule has 0 spiro atoms. The molecule has 3 rings (SSSR count). The highest BCUT2D eigenvalue weighted by Crippen LogP contribution is 2.18. The second kappa shape index (κ2) is 10.6. The number of hydrogen-bond donors (Lipinski definition) is 1. The summed E-state index contributed by atoms with van der Waals surface area (Å²) in [5.74, 6) is 0.145. The molecule has 1 aliphatic heterocycles. The van der Waals surface area contributed by atoms with Crippen molar-refractivity contribution >= 4 is 17.2 Å². The lowest BCUT2D eigenvalue weighted by Crippen LogP contribution is -2.43. The van der Waals surface area contributed by atoms with Crippen molar-refractivity contribution in [3.8, 4) is 0 Å². The molecule has 0 radical (unpaired) electrons. The molecule has 2 aromatic rings. The SMILES string of the molecule is Cc1ccc(CN(Cc2ccccc2)C(=O)CNCCN2CCOCC2)s1. The monoisotopic (exact) mass is 387 g/mol. The van der Waals surface area contributed by atoms with E-state index in [-0.39, 0.29) is 5.91 Å². The predicted octanol–water partition coefficient (Wildman–Crippen LogP) is 2.51. The van der Waals surface area contributed by atoms with Crippen molar-refractivity contribution < 1.29 is 9.53 Å². The number of hydrogen-bond acceptors (Lipinski definition) is 5. The van der Waals surface area contributed by atoms with Crippen molar-refractivity contribution in [3.05, 3.63) is 57.8 Å². The lowest BCUT2D eigenvalue weighted by molar-refractivity contribution is -0.131. The Bertz CT molecular complexity index is 698. The van der Waals surface area contributed by atoms with Crippen LogP contribution in [0.15, 0.2) is 42.5 Å². The van der Waals surface area contributed by atoms with Crippen LogP contribution in [0.4, 0.5) is 0 Å². The zero-order valence-corrected chi connectivity index (χ0v) is 16.8. The van der Waals surface area contributed by atoms with Gasteiger partial charge >= 0.3 is 0 Å². The van der Waals surface area contributed by atoms with Gasteiger partial charge in [-0.3, -0.25) is 9.69 Å². The third-order valence-corrected chi connectivity index (χ3v) is 5.68. The molecule has 1 fully saturated rings. The molecule has 1 saturated heterocycles. The molecule has 27 heavy (non-hydrogen) atoms. The maximum absolute atomic E-state index is 12.8. The number of carbonyl (C=O) groups excluding carboxylic acids is 1. The van der Waals surface area contributed by atoms with Crippen LogP contribution in [-0.4, -0.2) is 61.6 Å². The van der Waals surface area contributed by atoms with Gasteiger partial charge in [-0.25, -0.2) is 0 Å². The minimum absolute atomic E-state index is 0.145. The molecule has 5 nitrogen and oxygen atoms in total. The van der Waals surface area contributed by atoms with Gasteiger partial charge in [-0.1, -0.05) is 30.3 Å². The van der Waals surface area contributed by atoms with E-state index in [4.69, 9.17) is 4.74 Å². The molecule has 0 atom stereocenters. The second-order valence-electron chi connectivity index (χ2n) is 6.88. The van der Waals surface area contributed by atoms with Crippen LogP contribution in [-0.2, 0) is 22.6 Å². The van der Waals surface area contributed by atoms with E-state index in [1.54, 1.807) is 11.3 Å². The third-order valence-electron chi connectivity index (χ3n) is 4.70. The van der Waals surface area contributed by atoms with E-state index in [1.807, 2.05) is 23.1 Å². The normalized spacial score (nSPS) is 15.0. The van der Waals surface area contributed by atoms with E-state index >= 15 is 0 Å². The van der Waals surface area contributed by atoms with Crippen LogP contribution in [0.25, 0.3) is 0 Å². The van der Waals surface area contributed by atoms with Crippen molar-refractivity contribution in [3.63, 3.8) is 0 Å². The summed E-state index contributed by atoms with van der Waals surface area (Å²) in [4.78, 5) is 19.7. The Hall–Kier alpha value is -1.73. The number of morpholine rings is 1. The first-order valence-corrected chi connectivity index (χ1v) is 10.4. The maximum Gasteiger partial charge on any atom is 0.237 e. The number of rotatable bonds is 9. The highest BCUT2D eigenvalue weighted by atomic mass is 32.1. The topological polar surface area (TPSA) is 44.8 Å². The number of benzene rings is 1. The number of carbonyl (C=O) groups is 1. The summed E-state index contributed by atoms with van der Waals surface area (Å²) in [6.45, 7) is 9.14. The Balaban J connectivity index is 1.51. The average molecular weight is 388 g/mol. The van der Waals surface area contributed by atoms with Crippen LogP contribution in [0.3, 0.4) is 0 Å². The van der Waals surface area contributed by atoms with Gasteiger partial charge in [0, 0.05) is 42.5 Å². The second-order valence-corrected chi connectivity index (χ2v) is 8.25. The summed E-state index contributed by atoms with van der Waals surface area (Å²) in [7, 11) is 0. The number of nitrogens with zero attached hydrogens (tertiary/aromatic N) is 2. The van der Waals surface area contributed by atoms with Gasteiger partial charge in [0.2, 0.25) is 5.91 Å². The Kier molecular flexibility index (Phi) is 7.83. The lowest BCUT2D eigenvalue weighted by atomic mass is 10.2. The summed E-state index contributed by atoms with van der Waals surface area (Å²) in [5, 5.41) is 3.32. The van der Waals surface area contributed by atoms with Gasteiger partial charge < -0.3 is 15.0 Å². The molecule has 6 heteroatoms. The van der Waals surface area contributed by atoms with Crippen LogP contribution in [0.1, 0.15) is 15.3 Å². The number of nitrogens with one attached hydrogen (secondary N) is 1. The molecule has 1 amide bonds. The molecule has 146 valence electrons. The van der Waals surface area contributed by atoms with Crippen LogP contribution in [0.2, 0.25) is 0 Å². The van der Waals surface area contributed by atoms with Gasteiger partial charge in [-0.2, -0.15) is 0 Å². The number of aryl methyl sites for hydroxylation is 1. The number of amides is 1. The molecule has 1 aromatic heterocycles. The Morgan fingerprint density at radius 2 is 1.93 bits per heavy atom. The molecule has 1 aromatic carbocycles. The quantitative estimate of drug-likeness (QED) is 0.672. The van der Waals surface area contributed by atoms with Crippen molar-refractivity contribution in [2.24, 2.45) is 0 Å². The fourth-order valence-electron chi connectivity index (χ4n) is 3.16. The van der Waals surface area contributed by atoms with E-state index in [1.165, 1.54) is 9.75 Å². The Morgan fingerprint density at radius 3 is 2.63 bits per heavy atom. The largest absolute Gasteiger partial charge is 0.379 e. The summed E-state index contributed by atoms with van der Waals surface area (Å²) in [5.41, 5.74) is 1.16.